The Kier molecular flexibility index (Phi) is 8.45. The molecule has 0 spiro atoms. The zero-order valence-corrected chi connectivity index (χ0v) is 20.0. The number of carbonyl (C=O) groups is 1. The van der Waals surface area contributed by atoms with Crippen LogP contribution in [0.2, 0.25) is 15.1 Å². The van der Waals surface area contributed by atoms with E-state index in [1.165, 1.54) is 48.7 Å². The summed E-state index contributed by atoms with van der Waals surface area (Å²) >= 11 is 17.6. The van der Waals surface area contributed by atoms with E-state index in [-0.39, 0.29) is 17.0 Å². The van der Waals surface area contributed by atoms with Crippen molar-refractivity contribution in [2.45, 2.75) is 11.4 Å². The molecule has 0 aliphatic rings. The Bertz CT molecular complexity index is 1290. The van der Waals surface area contributed by atoms with Crippen molar-refractivity contribution < 1.29 is 17.6 Å². The number of carbonyl (C=O) groups excluding carboxylic acids is 1. The van der Waals surface area contributed by atoms with E-state index in [2.05, 4.69) is 10.5 Å². The third kappa shape index (κ3) is 6.75. The molecular formula is C22H17Cl3FN3O3S. The number of hydrazone groups is 1. The van der Waals surface area contributed by atoms with Gasteiger partial charge < -0.3 is 0 Å². The third-order valence-corrected chi connectivity index (χ3v) is 7.22. The average Bonchev–Trinajstić information content (AvgIpc) is 2.77. The van der Waals surface area contributed by atoms with Gasteiger partial charge in [0, 0.05) is 17.1 Å². The summed E-state index contributed by atoms with van der Waals surface area (Å²) < 4.78 is 41.4. The first-order valence-electron chi connectivity index (χ1n) is 9.43. The summed E-state index contributed by atoms with van der Waals surface area (Å²) in [5, 5.41) is 4.85. The number of hydrogen-bond donors (Lipinski definition) is 1. The summed E-state index contributed by atoms with van der Waals surface area (Å²) in [6.07, 6.45) is 1.33. The first-order valence-corrected chi connectivity index (χ1v) is 12.0. The van der Waals surface area contributed by atoms with Gasteiger partial charge in [0.1, 0.15) is 5.82 Å². The van der Waals surface area contributed by atoms with Crippen molar-refractivity contribution in [1.82, 2.24) is 9.73 Å². The molecule has 0 atom stereocenters. The number of rotatable bonds is 8. The van der Waals surface area contributed by atoms with Crippen molar-refractivity contribution in [2.75, 3.05) is 6.54 Å². The normalized spacial score (nSPS) is 11.8. The van der Waals surface area contributed by atoms with Crippen LogP contribution in [0, 0.1) is 5.82 Å². The Hall–Kier alpha value is -2.49. The smallest absolute Gasteiger partial charge is 0.255 e. The molecule has 0 radical (unpaired) electrons. The van der Waals surface area contributed by atoms with Gasteiger partial charge in [0.15, 0.2) is 0 Å². The summed E-state index contributed by atoms with van der Waals surface area (Å²) in [6.45, 7) is -0.959. The molecule has 0 fully saturated rings. The molecule has 3 aromatic carbocycles. The number of halogens is 4. The summed E-state index contributed by atoms with van der Waals surface area (Å²) in [4.78, 5) is 12.4. The number of benzene rings is 3. The molecule has 6 nitrogen and oxygen atoms in total. The van der Waals surface area contributed by atoms with Gasteiger partial charge in [-0.25, -0.2) is 18.2 Å². The Morgan fingerprint density at radius 1 is 1.00 bits per heavy atom. The SMILES string of the molecule is O=C(CN(Cc1ccccc1F)S(=O)(=O)c1ccc(Cl)cc1)N/N=C\c1ccc(Cl)c(Cl)c1. The highest BCUT2D eigenvalue weighted by atomic mass is 35.5. The maximum absolute atomic E-state index is 14.2. The first-order chi connectivity index (χ1) is 15.7. The molecule has 3 aromatic rings. The highest BCUT2D eigenvalue weighted by Gasteiger charge is 2.27. The van der Waals surface area contributed by atoms with E-state index in [4.69, 9.17) is 34.8 Å². The molecule has 33 heavy (non-hydrogen) atoms. The zero-order valence-electron chi connectivity index (χ0n) is 16.9. The number of amides is 1. The second-order valence-electron chi connectivity index (χ2n) is 6.79. The zero-order chi connectivity index (χ0) is 24.0. The van der Waals surface area contributed by atoms with Gasteiger partial charge in [0.2, 0.25) is 10.0 Å². The van der Waals surface area contributed by atoms with Crippen molar-refractivity contribution in [2.24, 2.45) is 5.10 Å². The van der Waals surface area contributed by atoms with Gasteiger partial charge in [-0.15, -0.1) is 0 Å². The lowest BCUT2D eigenvalue weighted by Gasteiger charge is -2.21. The van der Waals surface area contributed by atoms with Gasteiger partial charge in [0.25, 0.3) is 5.91 Å². The maximum Gasteiger partial charge on any atom is 0.255 e. The van der Waals surface area contributed by atoms with E-state index >= 15 is 0 Å². The highest BCUT2D eigenvalue weighted by Crippen LogP contribution is 2.22. The van der Waals surface area contributed by atoms with Crippen molar-refractivity contribution in [3.63, 3.8) is 0 Å². The molecule has 1 amide bonds. The molecule has 0 aromatic heterocycles. The van der Waals surface area contributed by atoms with E-state index < -0.39 is 28.3 Å². The largest absolute Gasteiger partial charge is 0.272 e. The van der Waals surface area contributed by atoms with E-state index in [1.807, 2.05) is 0 Å². The molecule has 0 heterocycles. The van der Waals surface area contributed by atoms with Crippen LogP contribution in [0.25, 0.3) is 0 Å². The van der Waals surface area contributed by atoms with Crippen LogP contribution >= 0.6 is 34.8 Å². The summed E-state index contributed by atoms with van der Waals surface area (Å²) in [6, 6.07) is 15.9. The van der Waals surface area contributed by atoms with Crippen LogP contribution in [0.15, 0.2) is 76.7 Å². The Labute approximate surface area is 205 Å². The molecule has 0 unspecified atom stereocenters. The Morgan fingerprint density at radius 2 is 1.70 bits per heavy atom. The molecule has 0 bridgehead atoms. The topological polar surface area (TPSA) is 78.8 Å². The monoisotopic (exact) mass is 527 g/mol. The van der Waals surface area contributed by atoms with Gasteiger partial charge in [-0.2, -0.15) is 9.41 Å². The molecular weight excluding hydrogens is 512 g/mol. The lowest BCUT2D eigenvalue weighted by molar-refractivity contribution is -0.121. The lowest BCUT2D eigenvalue weighted by atomic mass is 10.2. The van der Waals surface area contributed by atoms with Gasteiger partial charge in [0.05, 0.1) is 27.7 Å². The summed E-state index contributed by atoms with van der Waals surface area (Å²) in [7, 11) is -4.15. The van der Waals surface area contributed by atoms with Crippen LogP contribution in [0.1, 0.15) is 11.1 Å². The summed E-state index contributed by atoms with van der Waals surface area (Å²) in [5.74, 6) is -1.31. The van der Waals surface area contributed by atoms with E-state index in [9.17, 15) is 17.6 Å². The summed E-state index contributed by atoms with van der Waals surface area (Å²) in [5.41, 5.74) is 2.95. The molecule has 11 heteroatoms. The highest BCUT2D eigenvalue weighted by molar-refractivity contribution is 7.89. The van der Waals surface area contributed by atoms with Gasteiger partial charge in [-0.1, -0.05) is 59.1 Å². The number of nitrogens with zero attached hydrogens (tertiary/aromatic N) is 2. The van der Waals surface area contributed by atoms with Crippen LogP contribution in [-0.2, 0) is 21.4 Å². The third-order valence-electron chi connectivity index (χ3n) is 4.42. The van der Waals surface area contributed by atoms with Crippen LogP contribution in [0.5, 0.6) is 0 Å². The fraction of sp³-hybridized carbons (Fsp3) is 0.0909. The van der Waals surface area contributed by atoms with E-state index in [0.29, 0.717) is 20.6 Å². The van der Waals surface area contributed by atoms with Gasteiger partial charge in [-0.05, 0) is 48.0 Å². The molecule has 1 N–H and O–H groups in total. The van der Waals surface area contributed by atoms with Gasteiger partial charge >= 0.3 is 0 Å². The van der Waals surface area contributed by atoms with Crippen LogP contribution in [-0.4, -0.2) is 31.4 Å². The van der Waals surface area contributed by atoms with E-state index in [0.717, 1.165) is 4.31 Å². The van der Waals surface area contributed by atoms with Crippen molar-refractivity contribution in [3.05, 3.63) is 98.7 Å². The molecule has 0 aliphatic heterocycles. The second-order valence-corrected chi connectivity index (χ2v) is 9.97. The lowest BCUT2D eigenvalue weighted by Crippen LogP contribution is -2.39. The Morgan fingerprint density at radius 3 is 2.36 bits per heavy atom. The minimum atomic E-state index is -4.15. The fourth-order valence-corrected chi connectivity index (χ4v) is 4.57. The number of hydrogen-bond acceptors (Lipinski definition) is 4. The molecule has 0 saturated heterocycles. The fourth-order valence-electron chi connectivity index (χ4n) is 2.77. The van der Waals surface area contributed by atoms with Crippen molar-refractivity contribution in [1.29, 1.82) is 0 Å². The van der Waals surface area contributed by atoms with Crippen LogP contribution < -0.4 is 5.43 Å². The Balaban J connectivity index is 1.80. The predicted octanol–water partition coefficient (Wildman–Crippen LogP) is 5.13. The molecule has 172 valence electrons. The first kappa shape index (κ1) is 25.1. The number of sulfonamides is 1. The van der Waals surface area contributed by atoms with E-state index in [1.54, 1.807) is 24.3 Å². The molecule has 0 saturated carbocycles. The minimum Gasteiger partial charge on any atom is -0.272 e. The maximum atomic E-state index is 14.2. The van der Waals surface area contributed by atoms with Crippen molar-refractivity contribution in [3.8, 4) is 0 Å². The van der Waals surface area contributed by atoms with Crippen molar-refractivity contribution >= 4 is 56.9 Å². The molecule has 0 aliphatic carbocycles. The second kappa shape index (κ2) is 11.1. The quantitative estimate of drug-likeness (QED) is 0.325. The van der Waals surface area contributed by atoms with Crippen LogP contribution in [0.3, 0.4) is 0 Å². The van der Waals surface area contributed by atoms with Gasteiger partial charge in [-0.3, -0.25) is 4.79 Å². The predicted molar refractivity (Wildman–Crippen MR) is 128 cm³/mol. The molecule has 3 rings (SSSR count). The standard InChI is InChI=1S/C22H17Cl3FN3O3S/c23-17-6-8-18(9-7-17)33(31,32)29(13-16-3-1-2-4-21(16)26)14-22(30)28-27-12-15-5-10-19(24)20(25)11-15/h1-12H,13-14H2,(H,28,30)/b27-12-. The van der Waals surface area contributed by atoms with Crippen LogP contribution in [0.4, 0.5) is 4.39 Å². The number of nitrogens with one attached hydrogen (secondary N) is 1. The average molecular weight is 529 g/mol. The minimum absolute atomic E-state index is 0.0876.